The normalized spacial score (nSPS) is 16.3. The molecule has 1 aliphatic rings. The van der Waals surface area contributed by atoms with Gasteiger partial charge in [0.2, 0.25) is 5.82 Å². The molecule has 2 heterocycles. The molecule has 210 valence electrons. The van der Waals surface area contributed by atoms with Crippen LogP contribution < -0.4 is 9.47 Å². The van der Waals surface area contributed by atoms with Gasteiger partial charge in [-0.1, -0.05) is 0 Å². The van der Waals surface area contributed by atoms with Crippen LogP contribution in [0.25, 0.3) is 10.9 Å². The number of likely N-dealkylation sites (tertiary alicyclic amines) is 1. The molecule has 0 spiro atoms. The Kier molecular flexibility index (Phi) is 8.89. The number of aliphatic carboxylic acids is 1. The predicted octanol–water partition coefficient (Wildman–Crippen LogP) is 6.17. The molecule has 2 aromatic carbocycles. The molecule has 1 atom stereocenters. The molecule has 0 unspecified atom stereocenters. The molecule has 0 saturated carbocycles. The fourth-order valence-electron chi connectivity index (χ4n) is 5.08. The van der Waals surface area contributed by atoms with Gasteiger partial charge in [0.15, 0.2) is 11.6 Å². The van der Waals surface area contributed by atoms with Crippen molar-refractivity contribution < 1.29 is 41.3 Å². The SMILES string of the molecule is COc1ccc2ncc(CF)c([C@@H](F)CCC3(C(=O)O)CCN(CCOc4cc(F)cc(F)c4F)CC3)c2c1. The lowest BCUT2D eigenvalue weighted by Crippen LogP contribution is -2.45. The van der Waals surface area contributed by atoms with Crippen LogP contribution in [0, 0.1) is 22.9 Å². The molecule has 1 aromatic heterocycles. The van der Waals surface area contributed by atoms with Gasteiger partial charge in [0.1, 0.15) is 31.0 Å². The molecule has 0 radical (unpaired) electrons. The van der Waals surface area contributed by atoms with Gasteiger partial charge >= 0.3 is 5.97 Å². The van der Waals surface area contributed by atoms with E-state index in [9.17, 15) is 27.5 Å². The average Bonchev–Trinajstić information content (AvgIpc) is 2.93. The van der Waals surface area contributed by atoms with E-state index in [1.807, 2.05) is 4.90 Å². The van der Waals surface area contributed by atoms with Crippen LogP contribution in [0.2, 0.25) is 0 Å². The highest BCUT2D eigenvalue weighted by atomic mass is 19.2. The Hall–Kier alpha value is -3.47. The van der Waals surface area contributed by atoms with Crippen molar-refractivity contribution >= 4 is 16.9 Å². The molecule has 0 bridgehead atoms. The van der Waals surface area contributed by atoms with Gasteiger partial charge in [-0.25, -0.2) is 17.6 Å². The predicted molar refractivity (Wildman–Crippen MR) is 134 cm³/mol. The van der Waals surface area contributed by atoms with E-state index in [-0.39, 0.29) is 50.0 Å². The zero-order chi connectivity index (χ0) is 28.2. The molecule has 0 amide bonds. The van der Waals surface area contributed by atoms with Crippen molar-refractivity contribution in [2.24, 2.45) is 5.41 Å². The Morgan fingerprint density at radius 3 is 2.59 bits per heavy atom. The number of hydrogen-bond donors (Lipinski definition) is 1. The van der Waals surface area contributed by atoms with E-state index in [1.54, 1.807) is 18.2 Å². The number of ether oxygens (including phenoxy) is 2. The number of aromatic nitrogens is 1. The highest BCUT2D eigenvalue weighted by Gasteiger charge is 2.42. The zero-order valence-electron chi connectivity index (χ0n) is 21.4. The van der Waals surface area contributed by atoms with Crippen molar-refractivity contribution in [3.05, 3.63) is 65.1 Å². The number of carbonyl (C=O) groups is 1. The van der Waals surface area contributed by atoms with Crippen LogP contribution in [0.3, 0.4) is 0 Å². The molecule has 1 fully saturated rings. The summed E-state index contributed by atoms with van der Waals surface area (Å²) in [6.45, 7) is 0.0271. The minimum Gasteiger partial charge on any atom is -0.497 e. The number of hydrogen-bond acceptors (Lipinski definition) is 5. The van der Waals surface area contributed by atoms with Crippen LogP contribution in [0.15, 0.2) is 36.5 Å². The van der Waals surface area contributed by atoms with Gasteiger partial charge in [-0.15, -0.1) is 0 Å². The molecular formula is C28H29F5N2O4. The van der Waals surface area contributed by atoms with Crippen molar-refractivity contribution in [3.63, 3.8) is 0 Å². The third kappa shape index (κ3) is 6.24. The number of pyridine rings is 1. The third-order valence-electron chi connectivity index (χ3n) is 7.42. The quantitative estimate of drug-likeness (QED) is 0.227. The van der Waals surface area contributed by atoms with E-state index in [4.69, 9.17) is 9.47 Å². The maximum atomic E-state index is 15.7. The molecular weight excluding hydrogens is 523 g/mol. The molecule has 11 heteroatoms. The molecule has 1 saturated heterocycles. The number of carboxylic acid groups (broad SMARTS) is 1. The number of benzene rings is 2. The Morgan fingerprint density at radius 2 is 1.92 bits per heavy atom. The molecule has 1 aliphatic heterocycles. The summed E-state index contributed by atoms with van der Waals surface area (Å²) in [5.41, 5.74) is -0.430. The number of rotatable bonds is 11. The first-order valence-corrected chi connectivity index (χ1v) is 12.6. The van der Waals surface area contributed by atoms with E-state index in [0.717, 1.165) is 6.07 Å². The second kappa shape index (κ2) is 12.1. The molecule has 1 N–H and O–H groups in total. The van der Waals surface area contributed by atoms with E-state index in [2.05, 4.69) is 4.98 Å². The van der Waals surface area contributed by atoms with Gasteiger partial charge in [-0.05, 0) is 57.0 Å². The number of fused-ring (bicyclic) bond motifs is 1. The number of halogens is 5. The monoisotopic (exact) mass is 552 g/mol. The first kappa shape index (κ1) is 28.5. The van der Waals surface area contributed by atoms with Crippen molar-refractivity contribution in [2.75, 3.05) is 33.4 Å². The van der Waals surface area contributed by atoms with E-state index < -0.39 is 47.4 Å². The lowest BCUT2D eigenvalue weighted by molar-refractivity contribution is -0.153. The van der Waals surface area contributed by atoms with Gasteiger partial charge in [0, 0.05) is 41.4 Å². The Bertz CT molecular complexity index is 1330. The summed E-state index contributed by atoms with van der Waals surface area (Å²) in [5, 5.41) is 10.5. The summed E-state index contributed by atoms with van der Waals surface area (Å²) < 4.78 is 80.3. The molecule has 3 aromatic rings. The number of nitrogens with zero attached hydrogens (tertiary/aromatic N) is 2. The maximum Gasteiger partial charge on any atom is 0.309 e. The van der Waals surface area contributed by atoms with Gasteiger partial charge in [0.25, 0.3) is 0 Å². The van der Waals surface area contributed by atoms with Crippen molar-refractivity contribution in [3.8, 4) is 11.5 Å². The van der Waals surface area contributed by atoms with Gasteiger partial charge in [0.05, 0.1) is 18.0 Å². The second-order valence-corrected chi connectivity index (χ2v) is 9.70. The van der Waals surface area contributed by atoms with Crippen LogP contribution in [0.1, 0.15) is 43.0 Å². The third-order valence-corrected chi connectivity index (χ3v) is 7.42. The Labute approximate surface area is 222 Å². The van der Waals surface area contributed by atoms with E-state index >= 15 is 4.39 Å². The van der Waals surface area contributed by atoms with E-state index in [0.29, 0.717) is 35.8 Å². The number of carboxylic acids is 1. The zero-order valence-corrected chi connectivity index (χ0v) is 21.4. The van der Waals surface area contributed by atoms with Gasteiger partial charge < -0.3 is 14.6 Å². The highest BCUT2D eigenvalue weighted by Crippen LogP contribution is 2.41. The number of alkyl halides is 2. The largest absolute Gasteiger partial charge is 0.497 e. The molecule has 4 rings (SSSR count). The number of methoxy groups -OCH3 is 1. The molecule has 39 heavy (non-hydrogen) atoms. The van der Waals surface area contributed by atoms with Crippen LogP contribution in [0.4, 0.5) is 22.0 Å². The summed E-state index contributed by atoms with van der Waals surface area (Å²) in [6, 6.07) is 6.11. The summed E-state index contributed by atoms with van der Waals surface area (Å²) in [7, 11) is 1.47. The summed E-state index contributed by atoms with van der Waals surface area (Å²) in [6.07, 6.45) is 0.0775. The van der Waals surface area contributed by atoms with Crippen LogP contribution in [-0.2, 0) is 11.5 Å². The first-order chi connectivity index (χ1) is 18.7. The molecule has 6 nitrogen and oxygen atoms in total. The van der Waals surface area contributed by atoms with Crippen LogP contribution in [-0.4, -0.2) is 54.3 Å². The fourth-order valence-corrected chi connectivity index (χ4v) is 5.08. The maximum absolute atomic E-state index is 15.7. The topological polar surface area (TPSA) is 71.9 Å². The summed E-state index contributed by atoms with van der Waals surface area (Å²) in [4.78, 5) is 18.4. The highest BCUT2D eigenvalue weighted by molar-refractivity contribution is 5.85. The van der Waals surface area contributed by atoms with E-state index in [1.165, 1.54) is 13.3 Å². The lowest BCUT2D eigenvalue weighted by atomic mass is 9.74. The van der Waals surface area contributed by atoms with Gasteiger partial charge in [-0.2, -0.15) is 4.39 Å². The Balaban J connectivity index is 1.39. The fraction of sp³-hybridized carbons (Fsp3) is 0.429. The number of piperidine rings is 1. The standard InChI is InChI=1S/C28H29F5N2O4/c1-38-19-2-3-23-20(14-19)25(17(15-29)16-34-23)21(31)4-5-28(27(36)37)6-8-35(9-7-28)10-11-39-24-13-18(30)12-22(32)26(24)33/h2-3,12-14,16,21H,4-11,15H2,1H3,(H,36,37)/t21-/m0/s1. The lowest BCUT2D eigenvalue weighted by Gasteiger charge is -2.39. The van der Waals surface area contributed by atoms with Gasteiger partial charge in [-0.3, -0.25) is 14.7 Å². The van der Waals surface area contributed by atoms with Crippen molar-refractivity contribution in [1.29, 1.82) is 0 Å². The van der Waals surface area contributed by atoms with Crippen molar-refractivity contribution in [1.82, 2.24) is 9.88 Å². The Morgan fingerprint density at radius 1 is 1.18 bits per heavy atom. The molecule has 0 aliphatic carbocycles. The second-order valence-electron chi connectivity index (χ2n) is 9.70. The minimum atomic E-state index is -1.61. The summed E-state index contributed by atoms with van der Waals surface area (Å²) >= 11 is 0. The first-order valence-electron chi connectivity index (χ1n) is 12.6. The van der Waals surface area contributed by atoms with Crippen LogP contribution >= 0.6 is 0 Å². The summed E-state index contributed by atoms with van der Waals surface area (Å²) in [5.74, 6) is -4.69. The minimum absolute atomic E-state index is 0.0428. The van der Waals surface area contributed by atoms with Crippen molar-refractivity contribution in [2.45, 2.75) is 38.5 Å². The average molecular weight is 553 g/mol. The smallest absolute Gasteiger partial charge is 0.309 e. The van der Waals surface area contributed by atoms with Crippen LogP contribution in [0.5, 0.6) is 11.5 Å².